The molecular formula is C13H16BrClN4O. The average molecular weight is 360 g/mol. The van der Waals surface area contributed by atoms with Gasteiger partial charge in [-0.05, 0) is 37.6 Å². The molecular weight excluding hydrogens is 344 g/mol. The van der Waals surface area contributed by atoms with Gasteiger partial charge in [0.15, 0.2) is 5.69 Å². The monoisotopic (exact) mass is 358 g/mol. The summed E-state index contributed by atoms with van der Waals surface area (Å²) in [5, 5.41) is 14.1. The molecule has 1 saturated heterocycles. The van der Waals surface area contributed by atoms with E-state index in [-0.39, 0.29) is 18.3 Å². The number of amides is 1. The first kappa shape index (κ1) is 15.3. The van der Waals surface area contributed by atoms with E-state index in [9.17, 15) is 4.79 Å². The van der Waals surface area contributed by atoms with Crippen molar-refractivity contribution < 1.29 is 4.79 Å². The third-order valence-corrected chi connectivity index (χ3v) is 3.90. The largest absolute Gasteiger partial charge is 0.349 e. The lowest BCUT2D eigenvalue weighted by Gasteiger charge is -2.10. The molecule has 108 valence electrons. The van der Waals surface area contributed by atoms with Crippen LogP contribution in [0.25, 0.3) is 10.9 Å². The van der Waals surface area contributed by atoms with E-state index in [4.69, 9.17) is 0 Å². The molecule has 0 aliphatic carbocycles. The number of nitrogens with zero attached hydrogens (tertiary/aromatic N) is 1. The molecule has 2 heterocycles. The van der Waals surface area contributed by atoms with Gasteiger partial charge in [-0.15, -0.1) is 12.4 Å². The average Bonchev–Trinajstić information content (AvgIpc) is 3.04. The van der Waals surface area contributed by atoms with Crippen molar-refractivity contribution in [3.63, 3.8) is 0 Å². The second kappa shape index (κ2) is 6.56. The summed E-state index contributed by atoms with van der Waals surface area (Å²) in [6.07, 6.45) is 2.30. The van der Waals surface area contributed by atoms with Crippen LogP contribution < -0.4 is 10.6 Å². The minimum absolute atomic E-state index is 0. The fourth-order valence-electron chi connectivity index (χ4n) is 2.39. The van der Waals surface area contributed by atoms with Crippen molar-refractivity contribution in [2.45, 2.75) is 18.9 Å². The van der Waals surface area contributed by atoms with Crippen molar-refractivity contribution >= 4 is 45.1 Å². The first-order chi connectivity index (χ1) is 9.24. The van der Waals surface area contributed by atoms with Crippen LogP contribution in [0, 0.1) is 0 Å². The number of hydrogen-bond acceptors (Lipinski definition) is 3. The Bertz CT molecular complexity index is 609. The van der Waals surface area contributed by atoms with Gasteiger partial charge in [0, 0.05) is 22.4 Å². The highest BCUT2D eigenvalue weighted by Gasteiger charge is 2.18. The summed E-state index contributed by atoms with van der Waals surface area (Å²) in [6.45, 7) is 1.69. The second-order valence-corrected chi connectivity index (χ2v) is 5.68. The Hall–Kier alpha value is -1.11. The number of H-pyrrole nitrogens is 1. The number of carbonyl (C=O) groups is 1. The lowest BCUT2D eigenvalue weighted by molar-refractivity contribution is 0.0947. The molecule has 1 atom stereocenters. The number of hydrogen-bond donors (Lipinski definition) is 3. The van der Waals surface area contributed by atoms with Crippen LogP contribution in [-0.4, -0.2) is 35.2 Å². The van der Waals surface area contributed by atoms with Crippen LogP contribution in [-0.2, 0) is 0 Å². The molecule has 1 fully saturated rings. The van der Waals surface area contributed by atoms with Gasteiger partial charge < -0.3 is 10.6 Å². The van der Waals surface area contributed by atoms with Crippen LogP contribution >= 0.6 is 28.3 Å². The summed E-state index contributed by atoms with van der Waals surface area (Å²) in [7, 11) is 0. The molecule has 0 spiro atoms. The summed E-state index contributed by atoms with van der Waals surface area (Å²) >= 11 is 3.41. The normalized spacial score (nSPS) is 17.9. The minimum Gasteiger partial charge on any atom is -0.349 e. The summed E-state index contributed by atoms with van der Waals surface area (Å²) in [5.74, 6) is -0.127. The van der Waals surface area contributed by atoms with Gasteiger partial charge in [-0.25, -0.2) is 0 Å². The molecule has 1 aromatic heterocycles. The Kier molecular flexibility index (Phi) is 5.01. The van der Waals surface area contributed by atoms with E-state index in [1.807, 2.05) is 18.2 Å². The molecule has 1 unspecified atom stereocenters. The van der Waals surface area contributed by atoms with Crippen LogP contribution in [0.4, 0.5) is 0 Å². The van der Waals surface area contributed by atoms with Crippen molar-refractivity contribution in [1.82, 2.24) is 20.8 Å². The maximum atomic E-state index is 12.2. The molecule has 1 amide bonds. The van der Waals surface area contributed by atoms with Gasteiger partial charge in [0.25, 0.3) is 5.91 Å². The smallest absolute Gasteiger partial charge is 0.272 e. The van der Waals surface area contributed by atoms with Gasteiger partial charge in [-0.2, -0.15) is 5.10 Å². The van der Waals surface area contributed by atoms with Crippen LogP contribution in [0.1, 0.15) is 23.3 Å². The molecule has 1 aliphatic rings. The van der Waals surface area contributed by atoms with Crippen molar-refractivity contribution in [1.29, 1.82) is 0 Å². The van der Waals surface area contributed by atoms with Gasteiger partial charge >= 0.3 is 0 Å². The summed E-state index contributed by atoms with van der Waals surface area (Å²) in [6, 6.07) is 6.12. The lowest BCUT2D eigenvalue weighted by atomic mass is 10.2. The van der Waals surface area contributed by atoms with Crippen molar-refractivity contribution in [2.24, 2.45) is 0 Å². The molecule has 0 bridgehead atoms. The Morgan fingerprint density at radius 1 is 1.50 bits per heavy atom. The van der Waals surface area contributed by atoms with Crippen LogP contribution in [0.3, 0.4) is 0 Å². The molecule has 0 saturated carbocycles. The zero-order chi connectivity index (χ0) is 13.2. The number of carbonyl (C=O) groups excluding carboxylic acids is 1. The number of rotatable bonds is 3. The van der Waals surface area contributed by atoms with Crippen molar-refractivity contribution in [3.8, 4) is 0 Å². The van der Waals surface area contributed by atoms with Crippen molar-refractivity contribution in [2.75, 3.05) is 13.1 Å². The molecule has 0 radical (unpaired) electrons. The Morgan fingerprint density at radius 3 is 3.10 bits per heavy atom. The van der Waals surface area contributed by atoms with E-state index < -0.39 is 0 Å². The number of aromatic amines is 1. The van der Waals surface area contributed by atoms with Crippen LogP contribution in [0.5, 0.6) is 0 Å². The maximum absolute atomic E-state index is 12.2. The summed E-state index contributed by atoms with van der Waals surface area (Å²) in [4.78, 5) is 12.2. The molecule has 7 heteroatoms. The quantitative estimate of drug-likeness (QED) is 0.787. The number of halogens is 2. The van der Waals surface area contributed by atoms with E-state index in [2.05, 4.69) is 36.8 Å². The molecule has 1 aliphatic heterocycles. The maximum Gasteiger partial charge on any atom is 0.272 e. The van der Waals surface area contributed by atoms with Crippen molar-refractivity contribution in [3.05, 3.63) is 28.4 Å². The Morgan fingerprint density at radius 2 is 2.35 bits per heavy atom. The fourth-order valence-corrected chi connectivity index (χ4v) is 2.75. The fraction of sp³-hybridized carbons (Fsp3) is 0.385. The standard InChI is InChI=1S/C13H15BrN4O.ClH/c14-8-3-4-11-10(6-8)12(18-17-11)13(19)16-7-9-2-1-5-15-9;/h3-4,6,9,15H,1-2,5,7H2,(H,16,19)(H,17,18);1H. The molecule has 20 heavy (non-hydrogen) atoms. The number of fused-ring (bicyclic) bond motifs is 1. The van der Waals surface area contributed by atoms with E-state index >= 15 is 0 Å². The summed E-state index contributed by atoms with van der Waals surface area (Å²) < 4.78 is 0.938. The topological polar surface area (TPSA) is 69.8 Å². The first-order valence-electron chi connectivity index (χ1n) is 6.39. The first-order valence-corrected chi connectivity index (χ1v) is 7.18. The van der Waals surface area contributed by atoms with E-state index in [0.717, 1.165) is 28.3 Å². The Labute approximate surface area is 131 Å². The number of aromatic nitrogens is 2. The molecule has 5 nitrogen and oxygen atoms in total. The third kappa shape index (κ3) is 3.13. The highest BCUT2D eigenvalue weighted by molar-refractivity contribution is 9.10. The van der Waals surface area contributed by atoms with Gasteiger partial charge in [-0.3, -0.25) is 9.89 Å². The second-order valence-electron chi connectivity index (χ2n) is 4.77. The molecule has 1 aromatic carbocycles. The van der Waals surface area contributed by atoms with Gasteiger partial charge in [0.2, 0.25) is 0 Å². The zero-order valence-electron chi connectivity index (χ0n) is 10.8. The van der Waals surface area contributed by atoms with Gasteiger partial charge in [0.1, 0.15) is 0 Å². The number of benzene rings is 1. The third-order valence-electron chi connectivity index (χ3n) is 3.41. The minimum atomic E-state index is -0.127. The zero-order valence-corrected chi connectivity index (χ0v) is 13.2. The van der Waals surface area contributed by atoms with Gasteiger partial charge in [-0.1, -0.05) is 15.9 Å². The predicted octanol–water partition coefficient (Wildman–Crippen LogP) is 2.23. The highest BCUT2D eigenvalue weighted by atomic mass is 79.9. The van der Waals surface area contributed by atoms with Gasteiger partial charge in [0.05, 0.1) is 5.52 Å². The highest BCUT2D eigenvalue weighted by Crippen LogP contribution is 2.20. The predicted molar refractivity (Wildman–Crippen MR) is 84.4 cm³/mol. The lowest BCUT2D eigenvalue weighted by Crippen LogP contribution is -2.37. The molecule has 2 aromatic rings. The SMILES string of the molecule is Cl.O=C(NCC1CCCN1)c1n[nH]c2ccc(Br)cc12. The van der Waals surface area contributed by atoms with E-state index in [0.29, 0.717) is 18.3 Å². The van der Waals surface area contributed by atoms with E-state index in [1.54, 1.807) is 0 Å². The molecule has 3 N–H and O–H groups in total. The molecule has 3 rings (SSSR count). The van der Waals surface area contributed by atoms with Crippen LogP contribution in [0.2, 0.25) is 0 Å². The van der Waals surface area contributed by atoms with Crippen LogP contribution in [0.15, 0.2) is 22.7 Å². The Balaban J connectivity index is 0.00000147. The summed E-state index contributed by atoms with van der Waals surface area (Å²) in [5.41, 5.74) is 1.32. The number of nitrogens with one attached hydrogen (secondary N) is 3. The van der Waals surface area contributed by atoms with E-state index in [1.165, 1.54) is 6.42 Å².